The van der Waals surface area contributed by atoms with Crippen LogP contribution in [0.3, 0.4) is 0 Å². The van der Waals surface area contributed by atoms with Gasteiger partial charge in [0.1, 0.15) is 11.8 Å². The van der Waals surface area contributed by atoms with E-state index in [0.29, 0.717) is 25.5 Å². The first-order chi connectivity index (χ1) is 9.76. The molecule has 0 bridgehead atoms. The summed E-state index contributed by atoms with van der Waals surface area (Å²) in [6.45, 7) is 1.83. The largest absolute Gasteiger partial charge is 0.396 e. The Bertz CT molecular complexity index is 669. The SMILES string of the molecule is N#Cc1cc(NCC2(CO)COC2)c2ccccc2n1. The Morgan fingerprint density at radius 2 is 2.20 bits per heavy atom. The second-order valence-corrected chi connectivity index (χ2v) is 5.19. The van der Waals surface area contributed by atoms with Crippen molar-refractivity contribution in [1.82, 2.24) is 4.98 Å². The topological polar surface area (TPSA) is 78.2 Å². The fourth-order valence-electron chi connectivity index (χ4n) is 2.30. The predicted octanol–water partition coefficient (Wildman–Crippen LogP) is 1.53. The number of aliphatic hydroxyl groups is 1. The summed E-state index contributed by atoms with van der Waals surface area (Å²) in [4.78, 5) is 4.28. The van der Waals surface area contributed by atoms with Crippen LogP contribution in [0, 0.1) is 16.7 Å². The van der Waals surface area contributed by atoms with E-state index in [2.05, 4.69) is 16.4 Å². The van der Waals surface area contributed by atoms with Crippen molar-refractivity contribution in [2.75, 3.05) is 31.7 Å². The number of hydrogen-bond acceptors (Lipinski definition) is 5. The van der Waals surface area contributed by atoms with E-state index in [1.807, 2.05) is 24.3 Å². The fourth-order valence-corrected chi connectivity index (χ4v) is 2.30. The van der Waals surface area contributed by atoms with Crippen molar-refractivity contribution in [3.63, 3.8) is 0 Å². The van der Waals surface area contributed by atoms with Gasteiger partial charge in [0.2, 0.25) is 0 Å². The molecule has 2 aromatic rings. The minimum atomic E-state index is -0.211. The molecular weight excluding hydrogens is 254 g/mol. The Labute approximate surface area is 116 Å². The number of ether oxygens (including phenoxy) is 1. The van der Waals surface area contributed by atoms with Crippen LogP contribution in [0.2, 0.25) is 0 Å². The van der Waals surface area contributed by atoms with Crippen molar-refractivity contribution in [3.05, 3.63) is 36.0 Å². The average molecular weight is 269 g/mol. The molecule has 1 aromatic carbocycles. The predicted molar refractivity (Wildman–Crippen MR) is 75.3 cm³/mol. The number of rotatable bonds is 4. The third-order valence-corrected chi connectivity index (χ3v) is 3.64. The van der Waals surface area contributed by atoms with Gasteiger partial charge < -0.3 is 15.2 Å². The quantitative estimate of drug-likeness (QED) is 0.880. The smallest absolute Gasteiger partial charge is 0.143 e. The summed E-state index contributed by atoms with van der Waals surface area (Å²) >= 11 is 0. The third kappa shape index (κ3) is 2.20. The molecule has 1 aliphatic rings. The van der Waals surface area contributed by atoms with Crippen LogP contribution in [-0.4, -0.2) is 36.5 Å². The van der Waals surface area contributed by atoms with E-state index in [0.717, 1.165) is 16.6 Å². The molecule has 102 valence electrons. The zero-order valence-electron chi connectivity index (χ0n) is 11.0. The van der Waals surface area contributed by atoms with Crippen LogP contribution in [0.4, 0.5) is 5.69 Å². The molecule has 5 heteroatoms. The molecule has 1 aromatic heterocycles. The summed E-state index contributed by atoms with van der Waals surface area (Å²) in [7, 11) is 0. The Hall–Kier alpha value is -2.16. The Balaban J connectivity index is 1.92. The van der Waals surface area contributed by atoms with E-state index >= 15 is 0 Å². The van der Waals surface area contributed by atoms with Crippen molar-refractivity contribution >= 4 is 16.6 Å². The van der Waals surface area contributed by atoms with Gasteiger partial charge in [-0.3, -0.25) is 0 Å². The molecule has 1 aliphatic heterocycles. The average Bonchev–Trinajstić information content (AvgIpc) is 2.46. The van der Waals surface area contributed by atoms with Crippen LogP contribution in [0.5, 0.6) is 0 Å². The van der Waals surface area contributed by atoms with Crippen molar-refractivity contribution < 1.29 is 9.84 Å². The van der Waals surface area contributed by atoms with Crippen LogP contribution in [-0.2, 0) is 4.74 Å². The van der Waals surface area contributed by atoms with Crippen LogP contribution in [0.15, 0.2) is 30.3 Å². The number of benzene rings is 1. The molecule has 1 saturated heterocycles. The van der Waals surface area contributed by atoms with Crippen LogP contribution in [0.25, 0.3) is 10.9 Å². The molecule has 2 N–H and O–H groups in total. The lowest BCUT2D eigenvalue weighted by atomic mass is 9.87. The van der Waals surface area contributed by atoms with Gasteiger partial charge in [0, 0.05) is 17.6 Å². The minimum Gasteiger partial charge on any atom is -0.396 e. The second kappa shape index (κ2) is 5.08. The molecule has 1 fully saturated rings. The first kappa shape index (κ1) is 12.9. The number of aliphatic hydroxyl groups excluding tert-OH is 1. The molecule has 0 unspecified atom stereocenters. The summed E-state index contributed by atoms with van der Waals surface area (Å²) < 4.78 is 5.19. The van der Waals surface area contributed by atoms with Gasteiger partial charge in [-0.05, 0) is 12.1 Å². The van der Waals surface area contributed by atoms with E-state index < -0.39 is 0 Å². The lowest BCUT2D eigenvalue weighted by Crippen LogP contribution is -2.50. The number of para-hydroxylation sites is 1. The molecule has 3 rings (SSSR count). The molecule has 0 aliphatic carbocycles. The van der Waals surface area contributed by atoms with Crippen LogP contribution < -0.4 is 5.32 Å². The summed E-state index contributed by atoms with van der Waals surface area (Å²) in [6.07, 6.45) is 0. The van der Waals surface area contributed by atoms with E-state index in [-0.39, 0.29) is 12.0 Å². The van der Waals surface area contributed by atoms with Gasteiger partial charge in [-0.25, -0.2) is 4.98 Å². The maximum Gasteiger partial charge on any atom is 0.143 e. The molecular formula is C15H15N3O2. The van der Waals surface area contributed by atoms with E-state index in [9.17, 15) is 5.11 Å². The van der Waals surface area contributed by atoms with Gasteiger partial charge in [-0.2, -0.15) is 5.26 Å². The molecule has 20 heavy (non-hydrogen) atoms. The van der Waals surface area contributed by atoms with Crippen LogP contribution in [0.1, 0.15) is 5.69 Å². The summed E-state index contributed by atoms with van der Waals surface area (Å²) in [5.74, 6) is 0. The van der Waals surface area contributed by atoms with Gasteiger partial charge in [-0.15, -0.1) is 0 Å². The van der Waals surface area contributed by atoms with Gasteiger partial charge in [0.05, 0.1) is 30.8 Å². The maximum absolute atomic E-state index is 9.44. The van der Waals surface area contributed by atoms with Crippen LogP contribution >= 0.6 is 0 Å². The number of fused-ring (bicyclic) bond motifs is 1. The highest BCUT2D eigenvalue weighted by Crippen LogP contribution is 2.29. The number of anilines is 1. The lowest BCUT2D eigenvalue weighted by molar-refractivity contribution is -0.128. The van der Waals surface area contributed by atoms with E-state index in [1.54, 1.807) is 6.07 Å². The molecule has 5 nitrogen and oxygen atoms in total. The number of nitrogens with one attached hydrogen (secondary N) is 1. The Morgan fingerprint density at radius 3 is 2.85 bits per heavy atom. The van der Waals surface area contributed by atoms with Gasteiger partial charge in [0.25, 0.3) is 0 Å². The van der Waals surface area contributed by atoms with Crippen molar-refractivity contribution in [2.24, 2.45) is 5.41 Å². The number of nitrogens with zero attached hydrogens (tertiary/aromatic N) is 2. The summed E-state index contributed by atoms with van der Waals surface area (Å²) in [6, 6.07) is 11.5. The molecule has 0 saturated carbocycles. The Morgan fingerprint density at radius 1 is 1.40 bits per heavy atom. The van der Waals surface area contributed by atoms with Crippen molar-refractivity contribution in [3.8, 4) is 6.07 Å². The zero-order chi connectivity index (χ0) is 14.0. The molecule has 2 heterocycles. The fraction of sp³-hybridized carbons (Fsp3) is 0.333. The summed E-state index contributed by atoms with van der Waals surface area (Å²) in [5.41, 5.74) is 1.83. The van der Waals surface area contributed by atoms with Gasteiger partial charge >= 0.3 is 0 Å². The summed E-state index contributed by atoms with van der Waals surface area (Å²) in [5, 5.41) is 22.8. The molecule has 0 spiro atoms. The highest BCUT2D eigenvalue weighted by Gasteiger charge is 2.37. The molecule has 0 atom stereocenters. The molecule has 0 amide bonds. The monoisotopic (exact) mass is 269 g/mol. The van der Waals surface area contributed by atoms with E-state index in [4.69, 9.17) is 10.00 Å². The normalized spacial score (nSPS) is 16.4. The van der Waals surface area contributed by atoms with Crippen molar-refractivity contribution in [2.45, 2.75) is 0 Å². The highest BCUT2D eigenvalue weighted by molar-refractivity contribution is 5.91. The van der Waals surface area contributed by atoms with Crippen molar-refractivity contribution in [1.29, 1.82) is 5.26 Å². The first-order valence-electron chi connectivity index (χ1n) is 6.49. The number of pyridine rings is 1. The number of nitriles is 1. The zero-order valence-corrected chi connectivity index (χ0v) is 11.0. The lowest BCUT2D eigenvalue weighted by Gasteiger charge is -2.40. The standard InChI is InChI=1S/C15H15N3O2/c16-6-11-5-14(12-3-1-2-4-13(12)18-11)17-7-15(8-19)9-20-10-15/h1-5,19H,7-10H2,(H,17,18). The van der Waals surface area contributed by atoms with Gasteiger partial charge in [-0.1, -0.05) is 18.2 Å². The maximum atomic E-state index is 9.44. The Kier molecular flexibility index (Phi) is 3.26. The minimum absolute atomic E-state index is 0.0914. The third-order valence-electron chi connectivity index (χ3n) is 3.64. The molecule has 0 radical (unpaired) electrons. The number of aromatic nitrogens is 1. The number of hydrogen-bond donors (Lipinski definition) is 2. The van der Waals surface area contributed by atoms with E-state index in [1.165, 1.54) is 0 Å². The van der Waals surface area contributed by atoms with Gasteiger partial charge in [0.15, 0.2) is 0 Å². The first-order valence-corrected chi connectivity index (χ1v) is 6.49. The highest BCUT2D eigenvalue weighted by atomic mass is 16.5. The second-order valence-electron chi connectivity index (χ2n) is 5.19.